The number of anilines is 1. The van der Waals surface area contributed by atoms with Gasteiger partial charge in [0.2, 0.25) is 0 Å². The maximum Gasteiger partial charge on any atom is 0.305 e. The van der Waals surface area contributed by atoms with Crippen LogP contribution in [-0.2, 0) is 17.6 Å². The number of pyridine rings is 1. The van der Waals surface area contributed by atoms with Crippen LogP contribution in [0.2, 0.25) is 0 Å². The van der Waals surface area contributed by atoms with E-state index in [1.54, 1.807) is 24.0 Å². The number of hydrogen-bond donors (Lipinski definition) is 2. The third-order valence-electron chi connectivity index (χ3n) is 5.52. The molecule has 156 valence electrons. The van der Waals surface area contributed by atoms with Crippen LogP contribution in [0.3, 0.4) is 0 Å². The first kappa shape index (κ1) is 20.0. The van der Waals surface area contributed by atoms with Gasteiger partial charge in [-0.05, 0) is 56.7 Å². The van der Waals surface area contributed by atoms with E-state index in [-0.39, 0.29) is 6.42 Å². The fourth-order valence-corrected chi connectivity index (χ4v) is 3.90. The Labute approximate surface area is 175 Å². The lowest BCUT2D eigenvalue weighted by molar-refractivity contribution is -0.137. The minimum Gasteiger partial charge on any atom is -0.481 e. The molecule has 8 nitrogen and oxygen atoms in total. The molecule has 0 aliphatic carbocycles. The van der Waals surface area contributed by atoms with E-state index >= 15 is 0 Å². The summed E-state index contributed by atoms with van der Waals surface area (Å²) in [5.41, 5.74) is 3.00. The Hall–Kier alpha value is -3.29. The number of aliphatic carboxylic acids is 1. The summed E-state index contributed by atoms with van der Waals surface area (Å²) in [5.74, 6) is 0.785. The molecule has 0 aromatic carbocycles. The molecule has 0 spiro atoms. The van der Waals surface area contributed by atoms with Crippen LogP contribution in [0.4, 0.5) is 5.82 Å². The topological polar surface area (TPSA) is 106 Å². The van der Waals surface area contributed by atoms with Gasteiger partial charge in [-0.25, -0.2) is 15.0 Å². The zero-order chi connectivity index (χ0) is 20.9. The van der Waals surface area contributed by atoms with Gasteiger partial charge in [0.1, 0.15) is 11.6 Å². The summed E-state index contributed by atoms with van der Waals surface area (Å²) in [4.78, 5) is 24.2. The van der Waals surface area contributed by atoms with E-state index in [0.717, 1.165) is 49.2 Å². The highest BCUT2D eigenvalue weighted by Crippen LogP contribution is 2.25. The van der Waals surface area contributed by atoms with Gasteiger partial charge in [0, 0.05) is 36.4 Å². The molecule has 8 heteroatoms. The molecule has 0 saturated carbocycles. The smallest absolute Gasteiger partial charge is 0.305 e. The maximum absolute atomic E-state index is 11.4. The number of aromatic nitrogens is 5. The number of carboxylic acid groups (broad SMARTS) is 1. The molecule has 0 radical (unpaired) electrons. The highest BCUT2D eigenvalue weighted by Gasteiger charge is 2.20. The second-order valence-electron chi connectivity index (χ2n) is 7.75. The molecule has 1 aliphatic heterocycles. The van der Waals surface area contributed by atoms with Crippen molar-refractivity contribution in [3.8, 4) is 0 Å². The Morgan fingerprint density at radius 3 is 2.93 bits per heavy atom. The lowest BCUT2D eigenvalue weighted by atomic mass is 9.97. The average Bonchev–Trinajstić information content (AvgIpc) is 3.21. The van der Waals surface area contributed by atoms with Crippen molar-refractivity contribution in [2.75, 3.05) is 5.32 Å². The molecule has 2 N–H and O–H groups in total. The van der Waals surface area contributed by atoms with Gasteiger partial charge < -0.3 is 10.4 Å². The largest absolute Gasteiger partial charge is 0.481 e. The summed E-state index contributed by atoms with van der Waals surface area (Å²) < 4.78 is 1.72. The van der Waals surface area contributed by atoms with E-state index in [1.165, 1.54) is 5.56 Å². The highest BCUT2D eigenvalue weighted by molar-refractivity contribution is 5.68. The Kier molecular flexibility index (Phi) is 6.02. The predicted octanol–water partition coefficient (Wildman–Crippen LogP) is 3.19. The van der Waals surface area contributed by atoms with Crippen LogP contribution in [0.15, 0.2) is 43.0 Å². The lowest BCUT2D eigenvalue weighted by Crippen LogP contribution is -2.26. The van der Waals surface area contributed by atoms with Crippen LogP contribution >= 0.6 is 0 Å². The van der Waals surface area contributed by atoms with Crippen LogP contribution in [0.25, 0.3) is 0 Å². The van der Waals surface area contributed by atoms with Crippen LogP contribution in [0, 0.1) is 6.92 Å². The number of nitrogens with one attached hydrogen (secondary N) is 1. The third-order valence-corrected chi connectivity index (χ3v) is 5.52. The molecule has 0 bridgehead atoms. The van der Waals surface area contributed by atoms with Crippen molar-refractivity contribution >= 4 is 11.8 Å². The first-order valence-electron chi connectivity index (χ1n) is 10.3. The van der Waals surface area contributed by atoms with E-state index in [0.29, 0.717) is 11.9 Å². The number of carboxylic acids is 1. The number of nitrogens with zero attached hydrogens (tertiary/aromatic N) is 5. The molecule has 3 aromatic heterocycles. The number of fused-ring (bicyclic) bond motifs is 1. The molecule has 4 rings (SSSR count). The molecular weight excluding hydrogens is 380 g/mol. The summed E-state index contributed by atoms with van der Waals surface area (Å²) in [6.07, 6.45) is 12.1. The van der Waals surface area contributed by atoms with Gasteiger partial charge in [-0.1, -0.05) is 6.07 Å². The Bertz CT molecular complexity index is 1000. The minimum absolute atomic E-state index is 0.0635. The van der Waals surface area contributed by atoms with Gasteiger partial charge in [-0.2, -0.15) is 5.10 Å². The summed E-state index contributed by atoms with van der Waals surface area (Å²) >= 11 is 0. The fraction of sp³-hybridized carbons (Fsp3) is 0.409. The van der Waals surface area contributed by atoms with Gasteiger partial charge in [0.05, 0.1) is 18.2 Å². The molecule has 2 atom stereocenters. The minimum atomic E-state index is -0.880. The zero-order valence-electron chi connectivity index (χ0n) is 17.0. The van der Waals surface area contributed by atoms with Crippen LogP contribution < -0.4 is 5.32 Å². The number of carbonyl (C=O) groups is 1. The van der Waals surface area contributed by atoms with Crippen molar-refractivity contribution in [2.45, 2.75) is 57.5 Å². The van der Waals surface area contributed by atoms with Crippen LogP contribution in [0.5, 0.6) is 0 Å². The summed E-state index contributed by atoms with van der Waals surface area (Å²) in [5, 5.41) is 17.5. The number of rotatable bonds is 8. The molecule has 4 heterocycles. The van der Waals surface area contributed by atoms with Gasteiger partial charge in [-0.15, -0.1) is 0 Å². The first-order valence-corrected chi connectivity index (χ1v) is 10.3. The normalized spacial score (nSPS) is 16.5. The molecule has 30 heavy (non-hydrogen) atoms. The zero-order valence-corrected chi connectivity index (χ0v) is 17.0. The predicted molar refractivity (Wildman–Crippen MR) is 112 cm³/mol. The molecule has 0 saturated heterocycles. The Morgan fingerprint density at radius 1 is 1.30 bits per heavy atom. The van der Waals surface area contributed by atoms with Crippen LogP contribution in [-0.4, -0.2) is 41.9 Å². The molecule has 3 aromatic rings. The van der Waals surface area contributed by atoms with Crippen molar-refractivity contribution < 1.29 is 9.90 Å². The molecule has 0 fully saturated rings. The summed E-state index contributed by atoms with van der Waals surface area (Å²) in [6.45, 7) is 1.80. The monoisotopic (exact) mass is 406 g/mol. The van der Waals surface area contributed by atoms with E-state index < -0.39 is 12.0 Å². The molecule has 2 unspecified atom stereocenters. The van der Waals surface area contributed by atoms with Gasteiger partial charge in [0.25, 0.3) is 0 Å². The fourth-order valence-electron chi connectivity index (χ4n) is 3.90. The van der Waals surface area contributed by atoms with Crippen molar-refractivity contribution in [1.82, 2.24) is 24.7 Å². The van der Waals surface area contributed by atoms with Crippen molar-refractivity contribution in [2.24, 2.45) is 0 Å². The molecule has 1 aliphatic rings. The van der Waals surface area contributed by atoms with Gasteiger partial charge in [0.15, 0.2) is 0 Å². The Morgan fingerprint density at radius 2 is 2.13 bits per heavy atom. The first-order chi connectivity index (χ1) is 14.6. The summed E-state index contributed by atoms with van der Waals surface area (Å²) in [6, 6.07) is 6.09. The van der Waals surface area contributed by atoms with Crippen molar-refractivity contribution in [3.63, 3.8) is 0 Å². The van der Waals surface area contributed by atoms with Gasteiger partial charge in [-0.3, -0.25) is 9.48 Å². The second-order valence-corrected chi connectivity index (χ2v) is 7.75. The quantitative estimate of drug-likeness (QED) is 0.592. The van der Waals surface area contributed by atoms with E-state index in [1.807, 2.05) is 24.5 Å². The van der Waals surface area contributed by atoms with Crippen molar-refractivity contribution in [1.29, 1.82) is 0 Å². The highest BCUT2D eigenvalue weighted by atomic mass is 16.4. The van der Waals surface area contributed by atoms with E-state index in [9.17, 15) is 9.90 Å². The van der Waals surface area contributed by atoms with Crippen molar-refractivity contribution in [3.05, 3.63) is 65.6 Å². The van der Waals surface area contributed by atoms with E-state index in [2.05, 4.69) is 31.4 Å². The Balaban J connectivity index is 1.36. The summed E-state index contributed by atoms with van der Waals surface area (Å²) in [7, 11) is 0. The maximum atomic E-state index is 11.4. The number of aryl methyl sites for hydroxylation is 3. The molecular formula is C22H26N6O2. The molecule has 0 amide bonds. The lowest BCUT2D eigenvalue weighted by Gasteiger charge is -2.25. The van der Waals surface area contributed by atoms with E-state index in [4.69, 9.17) is 0 Å². The standard InChI is InChI=1S/C22H26N6O2/c1-15-24-13-17(14-25-15)20(12-21(29)30)28-11-9-19(27-28)6-2-5-18-8-7-16-4-3-10-23-22(16)26-18/h3-4,9-11,13-14,18,20H,2,5-8,12H2,1H3,(H,23,26)(H,29,30). The third kappa shape index (κ3) is 4.82. The van der Waals surface area contributed by atoms with Gasteiger partial charge >= 0.3 is 5.97 Å². The van der Waals surface area contributed by atoms with Crippen LogP contribution in [0.1, 0.15) is 54.4 Å². The second kappa shape index (κ2) is 9.02. The average molecular weight is 406 g/mol. The number of hydrogen-bond acceptors (Lipinski definition) is 6. The SMILES string of the molecule is Cc1ncc(C(CC(=O)O)n2ccc(CCCC3CCc4cccnc4N3)n2)cn1.